The number of nitrogens with two attached hydrogens (primary N) is 1. The Labute approximate surface area is 102 Å². The largest absolute Gasteiger partial charge is 0.397 e. The highest BCUT2D eigenvalue weighted by Crippen LogP contribution is 2.19. The van der Waals surface area contributed by atoms with E-state index in [-0.39, 0.29) is 11.3 Å². The average molecular weight is 225 g/mol. The summed E-state index contributed by atoms with van der Waals surface area (Å²) in [6, 6.07) is 11.3. The van der Waals surface area contributed by atoms with Gasteiger partial charge in [-0.2, -0.15) is 10.5 Å². The molecule has 1 aromatic carbocycles. The molecule has 0 bridgehead atoms. The van der Waals surface area contributed by atoms with Gasteiger partial charge in [-0.1, -0.05) is 37.6 Å². The fourth-order valence-electron chi connectivity index (χ4n) is 1.65. The standard InChI is InChI=1S/C14H15N3/c1-2-3-6-11-7-4-5-8-13(11)14(17)12(9-15)10-16/h4-5,7-8H,2-3,6,17H2,1H3. The molecule has 1 aromatic rings. The van der Waals surface area contributed by atoms with Crippen LogP contribution in [0.25, 0.3) is 5.70 Å². The molecule has 0 saturated carbocycles. The second-order valence-electron chi connectivity index (χ2n) is 3.77. The first-order valence-corrected chi connectivity index (χ1v) is 5.62. The molecule has 0 radical (unpaired) electrons. The van der Waals surface area contributed by atoms with Crippen molar-refractivity contribution in [3.05, 3.63) is 41.0 Å². The highest BCUT2D eigenvalue weighted by Gasteiger charge is 2.08. The van der Waals surface area contributed by atoms with Gasteiger partial charge in [0, 0.05) is 5.56 Å². The minimum Gasteiger partial charge on any atom is -0.397 e. The number of benzene rings is 1. The van der Waals surface area contributed by atoms with Crippen LogP contribution in [0.5, 0.6) is 0 Å². The van der Waals surface area contributed by atoms with Gasteiger partial charge in [0.25, 0.3) is 0 Å². The molecule has 0 aliphatic heterocycles. The Hall–Kier alpha value is -2.26. The molecule has 0 heterocycles. The van der Waals surface area contributed by atoms with Crippen LogP contribution in [0.2, 0.25) is 0 Å². The van der Waals surface area contributed by atoms with Crippen molar-refractivity contribution in [2.45, 2.75) is 26.2 Å². The third-order valence-corrected chi connectivity index (χ3v) is 2.60. The summed E-state index contributed by atoms with van der Waals surface area (Å²) in [5.41, 5.74) is 8.02. The molecule has 3 heteroatoms. The second-order valence-corrected chi connectivity index (χ2v) is 3.77. The van der Waals surface area contributed by atoms with Crippen molar-refractivity contribution >= 4 is 5.70 Å². The summed E-state index contributed by atoms with van der Waals surface area (Å²) in [6.45, 7) is 2.12. The van der Waals surface area contributed by atoms with Crippen molar-refractivity contribution in [2.24, 2.45) is 5.73 Å². The van der Waals surface area contributed by atoms with Crippen molar-refractivity contribution in [3.8, 4) is 12.1 Å². The van der Waals surface area contributed by atoms with Gasteiger partial charge >= 0.3 is 0 Å². The molecular formula is C14H15N3. The number of hydrogen-bond acceptors (Lipinski definition) is 3. The van der Waals surface area contributed by atoms with Crippen LogP contribution in [0.4, 0.5) is 0 Å². The molecule has 0 aliphatic carbocycles. The SMILES string of the molecule is CCCCc1ccccc1C(N)=C(C#N)C#N. The van der Waals surface area contributed by atoms with E-state index in [9.17, 15) is 0 Å². The lowest BCUT2D eigenvalue weighted by Crippen LogP contribution is -2.03. The van der Waals surface area contributed by atoms with Crippen molar-refractivity contribution in [2.75, 3.05) is 0 Å². The zero-order valence-electron chi connectivity index (χ0n) is 9.90. The zero-order valence-corrected chi connectivity index (χ0v) is 9.90. The molecule has 3 nitrogen and oxygen atoms in total. The van der Waals surface area contributed by atoms with Crippen LogP contribution in [-0.2, 0) is 6.42 Å². The lowest BCUT2D eigenvalue weighted by molar-refractivity contribution is 0.793. The molecule has 17 heavy (non-hydrogen) atoms. The fraction of sp³-hybridized carbons (Fsp3) is 0.286. The van der Waals surface area contributed by atoms with E-state index in [1.807, 2.05) is 36.4 Å². The highest BCUT2D eigenvalue weighted by atomic mass is 14.6. The Morgan fingerprint density at radius 1 is 1.24 bits per heavy atom. The summed E-state index contributed by atoms with van der Waals surface area (Å²) >= 11 is 0. The molecule has 0 unspecified atom stereocenters. The first kappa shape index (κ1) is 12.8. The number of nitrogens with zero attached hydrogens (tertiary/aromatic N) is 2. The average Bonchev–Trinajstić information content (AvgIpc) is 2.38. The van der Waals surface area contributed by atoms with Crippen LogP contribution in [-0.4, -0.2) is 0 Å². The molecule has 2 N–H and O–H groups in total. The molecular weight excluding hydrogens is 210 g/mol. The summed E-state index contributed by atoms with van der Waals surface area (Å²) in [5, 5.41) is 17.6. The Morgan fingerprint density at radius 3 is 2.47 bits per heavy atom. The molecule has 0 atom stereocenters. The monoisotopic (exact) mass is 225 g/mol. The predicted octanol–water partition coefficient (Wildman–Crippen LogP) is 2.75. The van der Waals surface area contributed by atoms with E-state index in [2.05, 4.69) is 6.92 Å². The van der Waals surface area contributed by atoms with Gasteiger partial charge < -0.3 is 5.73 Å². The number of unbranched alkanes of at least 4 members (excludes halogenated alkanes) is 1. The summed E-state index contributed by atoms with van der Waals surface area (Å²) in [7, 11) is 0. The molecule has 0 amide bonds. The number of allylic oxidation sites excluding steroid dienone is 1. The summed E-state index contributed by atoms with van der Waals surface area (Å²) in [4.78, 5) is 0. The number of rotatable bonds is 4. The summed E-state index contributed by atoms with van der Waals surface area (Å²) in [5.74, 6) is 0. The molecule has 0 aromatic heterocycles. The van der Waals surface area contributed by atoms with E-state index in [4.69, 9.17) is 16.3 Å². The van der Waals surface area contributed by atoms with Crippen LogP contribution in [0, 0.1) is 22.7 Å². The third-order valence-electron chi connectivity index (χ3n) is 2.60. The topological polar surface area (TPSA) is 73.6 Å². The Balaban J connectivity index is 3.19. The van der Waals surface area contributed by atoms with E-state index in [1.165, 1.54) is 0 Å². The maximum Gasteiger partial charge on any atom is 0.153 e. The smallest absolute Gasteiger partial charge is 0.153 e. The van der Waals surface area contributed by atoms with Gasteiger partial charge in [0.05, 0.1) is 5.70 Å². The molecule has 86 valence electrons. The predicted molar refractivity (Wildman–Crippen MR) is 67.4 cm³/mol. The van der Waals surface area contributed by atoms with Gasteiger partial charge in [-0.05, 0) is 18.4 Å². The summed E-state index contributed by atoms with van der Waals surface area (Å²) < 4.78 is 0. The van der Waals surface area contributed by atoms with Gasteiger partial charge in [-0.25, -0.2) is 0 Å². The van der Waals surface area contributed by atoms with E-state index < -0.39 is 0 Å². The van der Waals surface area contributed by atoms with Gasteiger partial charge in [-0.15, -0.1) is 0 Å². The lowest BCUT2D eigenvalue weighted by atomic mass is 9.98. The first-order valence-electron chi connectivity index (χ1n) is 5.62. The van der Waals surface area contributed by atoms with Gasteiger partial charge in [0.15, 0.2) is 5.57 Å². The highest BCUT2D eigenvalue weighted by molar-refractivity contribution is 5.74. The minimum absolute atomic E-state index is 0.0195. The van der Waals surface area contributed by atoms with Crippen molar-refractivity contribution in [1.29, 1.82) is 10.5 Å². The second kappa shape index (κ2) is 6.35. The van der Waals surface area contributed by atoms with Gasteiger partial charge in [-0.3, -0.25) is 0 Å². The van der Waals surface area contributed by atoms with Crippen molar-refractivity contribution in [1.82, 2.24) is 0 Å². The number of hydrogen-bond donors (Lipinski definition) is 1. The number of nitriles is 2. The van der Waals surface area contributed by atoms with E-state index >= 15 is 0 Å². The molecule has 0 saturated heterocycles. The minimum atomic E-state index is -0.0195. The normalized spacial score (nSPS) is 9.12. The lowest BCUT2D eigenvalue weighted by Gasteiger charge is -2.09. The molecule has 0 spiro atoms. The third kappa shape index (κ3) is 3.09. The maximum absolute atomic E-state index is 8.81. The van der Waals surface area contributed by atoms with Gasteiger partial charge in [0.2, 0.25) is 0 Å². The van der Waals surface area contributed by atoms with Crippen molar-refractivity contribution in [3.63, 3.8) is 0 Å². The fourth-order valence-corrected chi connectivity index (χ4v) is 1.65. The Kier molecular flexibility index (Phi) is 4.78. The van der Waals surface area contributed by atoms with E-state index in [1.54, 1.807) is 0 Å². The van der Waals surface area contributed by atoms with Crippen LogP contribution in [0.15, 0.2) is 29.8 Å². The Morgan fingerprint density at radius 2 is 1.88 bits per heavy atom. The van der Waals surface area contributed by atoms with Crippen molar-refractivity contribution < 1.29 is 0 Å². The van der Waals surface area contributed by atoms with Gasteiger partial charge in [0.1, 0.15) is 12.1 Å². The van der Waals surface area contributed by atoms with E-state index in [0.717, 1.165) is 30.4 Å². The van der Waals surface area contributed by atoms with Crippen LogP contribution < -0.4 is 5.73 Å². The molecule has 1 rings (SSSR count). The first-order chi connectivity index (χ1) is 8.24. The van der Waals surface area contributed by atoms with E-state index in [0.29, 0.717) is 0 Å². The molecule has 0 aliphatic rings. The molecule has 0 fully saturated rings. The summed E-state index contributed by atoms with van der Waals surface area (Å²) in [6.07, 6.45) is 3.08. The van der Waals surface area contributed by atoms with Crippen LogP contribution >= 0.6 is 0 Å². The number of aryl methyl sites for hydroxylation is 1. The maximum atomic E-state index is 8.81. The van der Waals surface area contributed by atoms with Crippen LogP contribution in [0.3, 0.4) is 0 Å². The zero-order chi connectivity index (χ0) is 12.7. The van der Waals surface area contributed by atoms with Crippen LogP contribution in [0.1, 0.15) is 30.9 Å². The quantitative estimate of drug-likeness (QED) is 0.800. The Bertz CT molecular complexity index is 485.